The quantitative estimate of drug-likeness (QED) is 0.790. The maximum absolute atomic E-state index is 13.2. The number of methoxy groups -OCH3 is 1. The van der Waals surface area contributed by atoms with Crippen LogP contribution in [-0.2, 0) is 9.53 Å². The molecule has 1 unspecified atom stereocenters. The molecule has 0 aromatic carbocycles. The Morgan fingerprint density at radius 2 is 2.10 bits per heavy atom. The number of allylic oxidation sites excluding steroid dienone is 4. The number of unbranched alkanes of at least 4 members (excludes halogenated alkanes) is 1. The first kappa shape index (κ1) is 17.3. The lowest BCUT2D eigenvalue weighted by molar-refractivity contribution is -0.151. The van der Waals surface area contributed by atoms with E-state index in [0.717, 1.165) is 12.5 Å². The summed E-state index contributed by atoms with van der Waals surface area (Å²) >= 11 is 0. The number of likely N-dealkylation sites (N-methyl/N-ethyl adjacent to an activating group) is 1. The van der Waals surface area contributed by atoms with Crippen molar-refractivity contribution < 1.29 is 22.7 Å². The average Bonchev–Trinajstić information content (AvgIpc) is 2.43. The first-order valence-electron chi connectivity index (χ1n) is 6.87. The van der Waals surface area contributed by atoms with E-state index < -0.39 is 18.1 Å². The van der Waals surface area contributed by atoms with Crippen molar-refractivity contribution in [2.75, 3.05) is 13.7 Å². The van der Waals surface area contributed by atoms with Crippen molar-refractivity contribution in [1.29, 1.82) is 0 Å². The Kier molecular flexibility index (Phi) is 6.05. The van der Waals surface area contributed by atoms with Gasteiger partial charge in [-0.1, -0.05) is 19.4 Å². The minimum absolute atomic E-state index is 0.0893. The monoisotopic (exact) mass is 303 g/mol. The third kappa shape index (κ3) is 4.37. The first-order valence-corrected chi connectivity index (χ1v) is 6.87. The molecule has 1 N–H and O–H groups in total. The van der Waals surface area contributed by atoms with E-state index in [1.807, 2.05) is 6.92 Å². The molecule has 0 heterocycles. The highest BCUT2D eigenvalue weighted by Gasteiger charge is 2.42. The van der Waals surface area contributed by atoms with E-state index in [0.29, 0.717) is 13.0 Å². The number of carbonyl (C=O) groups excluding carboxylic acids is 1. The molecule has 0 fully saturated rings. The number of nitrogens with one attached hydrogen (secondary N) is 1. The molecule has 1 atom stereocenters. The van der Waals surface area contributed by atoms with Crippen molar-refractivity contribution in [1.82, 2.24) is 5.32 Å². The SMILES string of the molecule is CCCC=C1C=C(C(=O)OC)C(NCC)=CC1C(F)(F)F. The van der Waals surface area contributed by atoms with Gasteiger partial charge >= 0.3 is 12.1 Å². The Balaban J connectivity index is 3.28. The fraction of sp³-hybridized carbons (Fsp3) is 0.533. The summed E-state index contributed by atoms with van der Waals surface area (Å²) in [4.78, 5) is 11.7. The van der Waals surface area contributed by atoms with Crippen molar-refractivity contribution in [3.8, 4) is 0 Å². The van der Waals surface area contributed by atoms with Gasteiger partial charge in [0.1, 0.15) is 0 Å². The zero-order valence-electron chi connectivity index (χ0n) is 12.4. The maximum Gasteiger partial charge on any atom is 0.399 e. The molecule has 0 aliphatic heterocycles. The summed E-state index contributed by atoms with van der Waals surface area (Å²) in [5.74, 6) is -2.35. The molecule has 0 aromatic rings. The largest absolute Gasteiger partial charge is 0.465 e. The number of alkyl halides is 3. The van der Waals surface area contributed by atoms with Crippen LogP contribution >= 0.6 is 0 Å². The predicted molar refractivity (Wildman–Crippen MR) is 74.4 cm³/mol. The number of esters is 1. The van der Waals surface area contributed by atoms with Crippen LogP contribution in [0, 0.1) is 5.92 Å². The maximum atomic E-state index is 13.2. The van der Waals surface area contributed by atoms with E-state index in [1.165, 1.54) is 19.3 Å². The third-order valence-electron chi connectivity index (χ3n) is 3.09. The van der Waals surface area contributed by atoms with E-state index in [2.05, 4.69) is 10.1 Å². The fourth-order valence-electron chi connectivity index (χ4n) is 2.09. The summed E-state index contributed by atoms with van der Waals surface area (Å²) in [5.41, 5.74) is 0.383. The summed E-state index contributed by atoms with van der Waals surface area (Å²) in [7, 11) is 1.21. The second kappa shape index (κ2) is 7.33. The van der Waals surface area contributed by atoms with Crippen molar-refractivity contribution in [2.24, 2.45) is 5.92 Å². The van der Waals surface area contributed by atoms with Crippen LogP contribution in [0.3, 0.4) is 0 Å². The van der Waals surface area contributed by atoms with Crippen LogP contribution in [0.4, 0.5) is 13.2 Å². The van der Waals surface area contributed by atoms with E-state index in [4.69, 9.17) is 0 Å². The molecule has 6 heteroatoms. The highest BCUT2D eigenvalue weighted by molar-refractivity contribution is 5.94. The van der Waals surface area contributed by atoms with Gasteiger partial charge in [-0.2, -0.15) is 13.2 Å². The summed E-state index contributed by atoms with van der Waals surface area (Å²) in [6.45, 7) is 4.05. The zero-order chi connectivity index (χ0) is 16.0. The molecule has 0 bridgehead atoms. The van der Waals surface area contributed by atoms with Crippen LogP contribution in [0.25, 0.3) is 0 Å². The Labute approximate surface area is 122 Å². The highest BCUT2D eigenvalue weighted by atomic mass is 19.4. The summed E-state index contributed by atoms with van der Waals surface area (Å²) in [6.07, 6.45) is 0.726. The molecule has 0 aromatic heterocycles. The van der Waals surface area contributed by atoms with E-state index >= 15 is 0 Å². The minimum atomic E-state index is -4.39. The van der Waals surface area contributed by atoms with Crippen molar-refractivity contribution in [3.05, 3.63) is 35.1 Å². The van der Waals surface area contributed by atoms with Crippen LogP contribution in [-0.4, -0.2) is 25.8 Å². The molecule has 0 amide bonds. The number of rotatable bonds is 5. The number of hydrogen-bond donors (Lipinski definition) is 1. The van der Waals surface area contributed by atoms with Gasteiger partial charge in [-0.05, 0) is 31.1 Å². The Morgan fingerprint density at radius 3 is 2.57 bits per heavy atom. The molecule has 0 saturated carbocycles. The van der Waals surface area contributed by atoms with Crippen molar-refractivity contribution >= 4 is 5.97 Å². The average molecular weight is 303 g/mol. The molecular weight excluding hydrogens is 283 g/mol. The number of hydrogen-bond acceptors (Lipinski definition) is 3. The standard InChI is InChI=1S/C15H20F3NO2/c1-4-6-7-10-8-11(14(20)21-3)13(19-5-2)9-12(10)15(16,17)18/h7-9,12,19H,4-6H2,1-3H3. The van der Waals surface area contributed by atoms with Gasteiger partial charge in [-0.25, -0.2) is 4.79 Å². The fourth-order valence-corrected chi connectivity index (χ4v) is 2.09. The second-order valence-corrected chi connectivity index (χ2v) is 4.67. The van der Waals surface area contributed by atoms with Crippen LogP contribution in [0.5, 0.6) is 0 Å². The molecule has 0 radical (unpaired) electrons. The number of halogens is 3. The third-order valence-corrected chi connectivity index (χ3v) is 3.09. The van der Waals surface area contributed by atoms with Gasteiger partial charge in [0.2, 0.25) is 0 Å². The molecule has 1 rings (SSSR count). The van der Waals surface area contributed by atoms with Gasteiger partial charge in [-0.3, -0.25) is 0 Å². The molecule has 118 valence electrons. The Hall–Kier alpha value is -1.72. The normalized spacial score (nSPS) is 20.9. The van der Waals surface area contributed by atoms with Crippen molar-refractivity contribution in [2.45, 2.75) is 32.9 Å². The van der Waals surface area contributed by atoms with E-state index in [9.17, 15) is 18.0 Å². The molecule has 21 heavy (non-hydrogen) atoms. The molecule has 1 aliphatic carbocycles. The summed E-state index contributed by atoms with van der Waals surface area (Å²) in [5, 5.41) is 2.79. The topological polar surface area (TPSA) is 38.3 Å². The van der Waals surface area contributed by atoms with E-state index in [1.54, 1.807) is 6.92 Å². The van der Waals surface area contributed by atoms with E-state index in [-0.39, 0.29) is 16.8 Å². The van der Waals surface area contributed by atoms with Crippen molar-refractivity contribution in [3.63, 3.8) is 0 Å². The molecular formula is C15H20F3NO2. The van der Waals surface area contributed by atoms with Crippen LogP contribution in [0.2, 0.25) is 0 Å². The summed E-state index contributed by atoms with van der Waals surface area (Å²) < 4.78 is 44.2. The van der Waals surface area contributed by atoms with Crippen LogP contribution < -0.4 is 5.32 Å². The van der Waals surface area contributed by atoms with Crippen LogP contribution in [0.1, 0.15) is 26.7 Å². The number of carbonyl (C=O) groups is 1. The molecule has 0 spiro atoms. The second-order valence-electron chi connectivity index (χ2n) is 4.67. The zero-order valence-corrected chi connectivity index (χ0v) is 12.4. The molecule has 0 saturated heterocycles. The van der Waals surface area contributed by atoms with Gasteiger partial charge < -0.3 is 10.1 Å². The summed E-state index contributed by atoms with van der Waals surface area (Å²) in [6, 6.07) is 0. The smallest absolute Gasteiger partial charge is 0.399 e. The minimum Gasteiger partial charge on any atom is -0.465 e. The van der Waals surface area contributed by atoms with Gasteiger partial charge in [-0.15, -0.1) is 0 Å². The van der Waals surface area contributed by atoms with Gasteiger partial charge in [0, 0.05) is 12.2 Å². The Morgan fingerprint density at radius 1 is 1.43 bits per heavy atom. The lowest BCUT2D eigenvalue weighted by atomic mass is 9.87. The van der Waals surface area contributed by atoms with Gasteiger partial charge in [0.15, 0.2) is 0 Å². The molecule has 3 nitrogen and oxygen atoms in total. The predicted octanol–water partition coefficient (Wildman–Crippen LogP) is 3.50. The number of ether oxygens (including phenoxy) is 1. The van der Waals surface area contributed by atoms with Gasteiger partial charge in [0.25, 0.3) is 0 Å². The highest BCUT2D eigenvalue weighted by Crippen LogP contribution is 2.38. The van der Waals surface area contributed by atoms with Gasteiger partial charge in [0.05, 0.1) is 18.6 Å². The Bertz CT molecular complexity index is 476. The lowest BCUT2D eigenvalue weighted by Gasteiger charge is -2.26. The first-order chi connectivity index (χ1) is 9.85. The lowest BCUT2D eigenvalue weighted by Crippen LogP contribution is -2.30. The molecule has 1 aliphatic rings. The van der Waals surface area contributed by atoms with Crippen LogP contribution in [0.15, 0.2) is 35.1 Å².